The molecule has 1 atom stereocenters. The zero-order valence-corrected chi connectivity index (χ0v) is 11.6. The van der Waals surface area contributed by atoms with E-state index >= 15 is 0 Å². The van der Waals surface area contributed by atoms with E-state index in [1.807, 2.05) is 30.3 Å². The van der Waals surface area contributed by atoms with Gasteiger partial charge in [-0.05, 0) is 5.56 Å². The Kier molecular flexibility index (Phi) is 5.11. The van der Waals surface area contributed by atoms with Gasteiger partial charge in [0.2, 0.25) is 5.91 Å². The molecule has 0 radical (unpaired) electrons. The van der Waals surface area contributed by atoms with E-state index in [1.165, 1.54) is 0 Å². The molecule has 5 heteroatoms. The van der Waals surface area contributed by atoms with Crippen LogP contribution in [0.4, 0.5) is 0 Å². The number of carbonyl (C=O) groups excluding carboxylic acids is 1. The van der Waals surface area contributed by atoms with Crippen LogP contribution in [0.5, 0.6) is 0 Å². The lowest BCUT2D eigenvalue weighted by Gasteiger charge is -2.41. The number of morpholine rings is 1. The van der Waals surface area contributed by atoms with Crippen LogP contribution in [0.1, 0.15) is 12.0 Å². The van der Waals surface area contributed by atoms with E-state index in [-0.39, 0.29) is 12.5 Å². The lowest BCUT2D eigenvalue weighted by molar-refractivity contribution is -0.134. The molecule has 1 aliphatic rings. The molecule has 5 nitrogen and oxygen atoms in total. The molecule has 1 unspecified atom stereocenters. The topological polar surface area (TPSA) is 75.8 Å². The number of aliphatic hydroxyl groups is 1. The molecule has 0 spiro atoms. The standard InChI is InChI=1S/C15H22N2O3/c16-14(19)6-7-17-8-9-20-15(11-17,12-18)10-13-4-2-1-3-5-13/h1-5,18H,6-12H2,(H2,16,19). The summed E-state index contributed by atoms with van der Waals surface area (Å²) in [5.41, 5.74) is 5.74. The highest BCUT2D eigenvalue weighted by atomic mass is 16.5. The van der Waals surface area contributed by atoms with Crippen molar-refractivity contribution in [2.75, 3.05) is 32.8 Å². The number of amides is 1. The Balaban J connectivity index is 2.00. The third-order valence-corrected chi connectivity index (χ3v) is 3.66. The van der Waals surface area contributed by atoms with Gasteiger partial charge in [0.15, 0.2) is 0 Å². The summed E-state index contributed by atoms with van der Waals surface area (Å²) in [5, 5.41) is 9.75. The van der Waals surface area contributed by atoms with Gasteiger partial charge >= 0.3 is 0 Å². The Bertz CT molecular complexity index is 438. The second-order valence-electron chi connectivity index (χ2n) is 5.34. The lowest BCUT2D eigenvalue weighted by Crippen LogP contribution is -2.55. The minimum atomic E-state index is -0.586. The van der Waals surface area contributed by atoms with E-state index in [4.69, 9.17) is 10.5 Å². The summed E-state index contributed by atoms with van der Waals surface area (Å²) in [6, 6.07) is 9.99. The highest BCUT2D eigenvalue weighted by Crippen LogP contribution is 2.23. The second kappa shape index (κ2) is 6.83. The van der Waals surface area contributed by atoms with Crippen LogP contribution in [0.3, 0.4) is 0 Å². The summed E-state index contributed by atoms with van der Waals surface area (Å²) in [6.07, 6.45) is 1.00. The van der Waals surface area contributed by atoms with Gasteiger partial charge in [-0.15, -0.1) is 0 Å². The average molecular weight is 278 g/mol. The van der Waals surface area contributed by atoms with E-state index < -0.39 is 5.60 Å². The number of benzene rings is 1. The van der Waals surface area contributed by atoms with Crippen molar-refractivity contribution in [3.8, 4) is 0 Å². The summed E-state index contributed by atoms with van der Waals surface area (Å²) in [4.78, 5) is 13.0. The van der Waals surface area contributed by atoms with Crippen molar-refractivity contribution >= 4 is 5.91 Å². The Morgan fingerprint density at radius 2 is 2.15 bits per heavy atom. The van der Waals surface area contributed by atoms with Crippen LogP contribution in [-0.4, -0.2) is 54.4 Å². The SMILES string of the molecule is NC(=O)CCN1CCOC(CO)(Cc2ccccc2)C1. The number of carbonyl (C=O) groups is 1. The van der Waals surface area contributed by atoms with Gasteiger partial charge in [0, 0.05) is 32.5 Å². The van der Waals surface area contributed by atoms with Gasteiger partial charge in [0.1, 0.15) is 5.60 Å². The first kappa shape index (κ1) is 15.0. The normalized spacial score (nSPS) is 23.6. The maximum atomic E-state index is 10.9. The van der Waals surface area contributed by atoms with Crippen LogP contribution in [-0.2, 0) is 16.0 Å². The molecule has 1 aromatic carbocycles. The first-order chi connectivity index (χ1) is 9.63. The molecular weight excluding hydrogens is 256 g/mol. The molecule has 110 valence electrons. The van der Waals surface area contributed by atoms with Crippen molar-refractivity contribution in [2.24, 2.45) is 5.73 Å². The largest absolute Gasteiger partial charge is 0.393 e. The predicted octanol–water partition coefficient (Wildman–Crippen LogP) is 0.168. The number of ether oxygens (including phenoxy) is 1. The predicted molar refractivity (Wildman–Crippen MR) is 76.2 cm³/mol. The Labute approximate surface area is 119 Å². The van der Waals surface area contributed by atoms with Gasteiger partial charge in [0.25, 0.3) is 0 Å². The van der Waals surface area contributed by atoms with Crippen molar-refractivity contribution in [1.82, 2.24) is 4.90 Å². The average Bonchev–Trinajstić information content (AvgIpc) is 2.46. The molecule has 3 N–H and O–H groups in total. The van der Waals surface area contributed by atoms with Crippen LogP contribution in [0.15, 0.2) is 30.3 Å². The Morgan fingerprint density at radius 1 is 1.40 bits per heavy atom. The summed E-state index contributed by atoms with van der Waals surface area (Å²) in [5.74, 6) is -0.297. The van der Waals surface area contributed by atoms with E-state index in [1.54, 1.807) is 0 Å². The molecule has 0 aromatic heterocycles. The van der Waals surface area contributed by atoms with E-state index in [0.29, 0.717) is 32.5 Å². The zero-order chi connectivity index (χ0) is 14.4. The van der Waals surface area contributed by atoms with Gasteiger partial charge in [-0.25, -0.2) is 0 Å². The van der Waals surface area contributed by atoms with Gasteiger partial charge in [-0.3, -0.25) is 9.69 Å². The molecule has 0 bridgehead atoms. The molecule has 1 aromatic rings. The maximum absolute atomic E-state index is 10.9. The fourth-order valence-electron chi connectivity index (χ4n) is 2.61. The van der Waals surface area contributed by atoms with Gasteiger partial charge in [0.05, 0.1) is 13.2 Å². The van der Waals surface area contributed by atoms with Gasteiger partial charge < -0.3 is 15.6 Å². The van der Waals surface area contributed by atoms with Crippen LogP contribution in [0, 0.1) is 0 Å². The first-order valence-electron chi connectivity index (χ1n) is 6.93. The van der Waals surface area contributed by atoms with Crippen molar-refractivity contribution < 1.29 is 14.6 Å². The van der Waals surface area contributed by atoms with Crippen molar-refractivity contribution in [2.45, 2.75) is 18.4 Å². The molecule has 1 fully saturated rings. The highest BCUT2D eigenvalue weighted by Gasteiger charge is 2.36. The first-order valence-corrected chi connectivity index (χ1v) is 6.93. The molecule has 0 saturated carbocycles. The van der Waals surface area contributed by atoms with Gasteiger partial charge in [-0.1, -0.05) is 30.3 Å². The molecule has 1 saturated heterocycles. The highest BCUT2D eigenvalue weighted by molar-refractivity contribution is 5.73. The maximum Gasteiger partial charge on any atom is 0.218 e. The van der Waals surface area contributed by atoms with Crippen LogP contribution < -0.4 is 5.73 Å². The summed E-state index contributed by atoms with van der Waals surface area (Å²) in [6.45, 7) is 2.53. The number of aliphatic hydroxyl groups excluding tert-OH is 1. The van der Waals surface area contributed by atoms with E-state index in [9.17, 15) is 9.90 Å². The molecule has 0 aliphatic carbocycles. The van der Waals surface area contributed by atoms with Crippen LogP contribution in [0.25, 0.3) is 0 Å². The molecule has 1 amide bonds. The molecule has 1 aliphatic heterocycles. The van der Waals surface area contributed by atoms with Crippen molar-refractivity contribution in [3.05, 3.63) is 35.9 Å². The van der Waals surface area contributed by atoms with Gasteiger partial charge in [-0.2, -0.15) is 0 Å². The summed E-state index contributed by atoms with van der Waals surface area (Å²) in [7, 11) is 0. The fourth-order valence-corrected chi connectivity index (χ4v) is 2.61. The number of nitrogens with two attached hydrogens (primary N) is 1. The third kappa shape index (κ3) is 4.03. The van der Waals surface area contributed by atoms with E-state index in [2.05, 4.69) is 4.90 Å². The second-order valence-corrected chi connectivity index (χ2v) is 5.34. The Morgan fingerprint density at radius 3 is 2.80 bits per heavy atom. The smallest absolute Gasteiger partial charge is 0.218 e. The molecule has 2 rings (SSSR count). The summed E-state index contributed by atoms with van der Waals surface area (Å²) < 4.78 is 5.85. The third-order valence-electron chi connectivity index (χ3n) is 3.66. The number of nitrogens with zero attached hydrogens (tertiary/aromatic N) is 1. The van der Waals surface area contributed by atoms with E-state index in [0.717, 1.165) is 12.1 Å². The number of rotatable bonds is 6. The summed E-state index contributed by atoms with van der Waals surface area (Å²) >= 11 is 0. The number of hydrogen-bond donors (Lipinski definition) is 2. The minimum Gasteiger partial charge on any atom is -0.393 e. The van der Waals surface area contributed by atoms with Crippen molar-refractivity contribution in [1.29, 1.82) is 0 Å². The van der Waals surface area contributed by atoms with Crippen LogP contribution >= 0.6 is 0 Å². The quantitative estimate of drug-likeness (QED) is 0.777. The molecular formula is C15H22N2O3. The minimum absolute atomic E-state index is 0.0328. The monoisotopic (exact) mass is 278 g/mol. The Hall–Kier alpha value is -1.43. The number of primary amides is 1. The zero-order valence-electron chi connectivity index (χ0n) is 11.6. The lowest BCUT2D eigenvalue weighted by atomic mass is 9.93. The molecule has 20 heavy (non-hydrogen) atoms. The van der Waals surface area contributed by atoms with Crippen LogP contribution in [0.2, 0.25) is 0 Å². The fraction of sp³-hybridized carbons (Fsp3) is 0.533. The molecule has 1 heterocycles. The van der Waals surface area contributed by atoms with Crippen molar-refractivity contribution in [3.63, 3.8) is 0 Å². The number of hydrogen-bond acceptors (Lipinski definition) is 4.